The lowest BCUT2D eigenvalue weighted by molar-refractivity contribution is 1.16. The van der Waals surface area contributed by atoms with E-state index in [0.29, 0.717) is 11.3 Å². The number of nitrogens with zero attached hydrogens (tertiary/aromatic N) is 4. The van der Waals surface area contributed by atoms with Crippen LogP contribution in [0.15, 0.2) is 146 Å². The van der Waals surface area contributed by atoms with Gasteiger partial charge in [-0.25, -0.2) is 4.85 Å². The van der Waals surface area contributed by atoms with Gasteiger partial charge in [-0.05, 0) is 77.2 Å². The lowest BCUT2D eigenvalue weighted by Crippen LogP contribution is -2.02. The van der Waals surface area contributed by atoms with Gasteiger partial charge in [-0.15, -0.1) is 0 Å². The molecule has 4 nitrogen and oxygen atoms in total. The molecule has 1 aliphatic rings. The molecule has 2 heterocycles. The second-order valence-electron chi connectivity index (χ2n) is 12.7. The Morgan fingerprint density at radius 1 is 0.531 bits per heavy atom. The first kappa shape index (κ1) is 27.3. The summed E-state index contributed by atoms with van der Waals surface area (Å²) in [4.78, 5) is 3.88. The molecular formula is C45H26N4. The zero-order valence-electron chi connectivity index (χ0n) is 26.4. The van der Waals surface area contributed by atoms with Crippen molar-refractivity contribution in [2.45, 2.75) is 6.42 Å². The Labute approximate surface area is 282 Å². The molecular weight excluding hydrogens is 597 g/mol. The van der Waals surface area contributed by atoms with Gasteiger partial charge in [0.1, 0.15) is 0 Å². The van der Waals surface area contributed by atoms with E-state index in [2.05, 4.69) is 141 Å². The maximum atomic E-state index is 10.2. The van der Waals surface area contributed by atoms with Crippen LogP contribution in [0.5, 0.6) is 0 Å². The summed E-state index contributed by atoms with van der Waals surface area (Å²) in [6.45, 7) is 8.01. The minimum Gasteiger partial charge on any atom is -0.309 e. The molecule has 0 saturated heterocycles. The first-order valence-electron chi connectivity index (χ1n) is 16.4. The Bertz CT molecular complexity index is 2890. The summed E-state index contributed by atoms with van der Waals surface area (Å²) in [7, 11) is 0. The van der Waals surface area contributed by atoms with Crippen molar-refractivity contribution in [1.82, 2.24) is 9.13 Å². The van der Waals surface area contributed by atoms with Gasteiger partial charge in [0.2, 0.25) is 0 Å². The second kappa shape index (κ2) is 10.3. The molecule has 49 heavy (non-hydrogen) atoms. The molecule has 0 saturated carbocycles. The lowest BCUT2D eigenvalue weighted by atomic mass is 9.97. The molecule has 9 aromatic rings. The molecule has 1 aliphatic carbocycles. The summed E-state index contributed by atoms with van der Waals surface area (Å²) in [6, 6.07) is 53.1. The van der Waals surface area contributed by atoms with E-state index in [1.807, 2.05) is 24.3 Å². The summed E-state index contributed by atoms with van der Waals surface area (Å²) >= 11 is 0. The largest absolute Gasteiger partial charge is 0.309 e. The number of fused-ring (bicyclic) bond motifs is 10. The van der Waals surface area contributed by atoms with Crippen molar-refractivity contribution in [3.63, 3.8) is 0 Å². The van der Waals surface area contributed by atoms with Crippen LogP contribution in [0.2, 0.25) is 0 Å². The topological polar surface area (TPSA) is 38.0 Å². The Kier molecular flexibility index (Phi) is 5.73. The number of nitriles is 1. The fourth-order valence-corrected chi connectivity index (χ4v) is 8.12. The molecule has 0 spiro atoms. The third-order valence-electron chi connectivity index (χ3n) is 10.2. The molecule has 2 aromatic heterocycles. The standard InChI is InChI=1S/C45H26N4/c1-47-31-20-23-42(48-39-15-7-4-12-33(39)34-13-5-8-16-40(34)48)38(26-31)37-24-28(27-46)18-22-43(37)49-41-17-9-6-14-35(41)36-21-19-30-25-29-10-2-3-11-32(29)44(30)45(36)49/h2-24,26H,25H2. The van der Waals surface area contributed by atoms with Gasteiger partial charge < -0.3 is 9.13 Å². The van der Waals surface area contributed by atoms with Crippen molar-refractivity contribution in [1.29, 1.82) is 5.26 Å². The third-order valence-corrected chi connectivity index (χ3v) is 10.2. The van der Waals surface area contributed by atoms with E-state index in [4.69, 9.17) is 6.57 Å². The summed E-state index contributed by atoms with van der Waals surface area (Å²) < 4.78 is 4.69. The van der Waals surface area contributed by atoms with Gasteiger partial charge >= 0.3 is 0 Å². The molecule has 0 N–H and O–H groups in total. The molecule has 0 fully saturated rings. The minimum absolute atomic E-state index is 0.546. The maximum Gasteiger partial charge on any atom is 0.188 e. The summed E-state index contributed by atoms with van der Waals surface area (Å²) in [6.07, 6.45) is 0.897. The van der Waals surface area contributed by atoms with Crippen LogP contribution in [0.3, 0.4) is 0 Å². The first-order valence-corrected chi connectivity index (χ1v) is 16.4. The van der Waals surface area contributed by atoms with Crippen LogP contribution in [-0.2, 0) is 6.42 Å². The van der Waals surface area contributed by atoms with Gasteiger partial charge in [0.15, 0.2) is 5.69 Å². The SMILES string of the molecule is [C-]#[N+]c1ccc(-n2c3ccccc3c3ccccc32)c(-c2cc(C#N)ccc2-n2c3ccccc3c3ccc4c(c32)-c2ccccc2C4)c1. The third kappa shape index (κ3) is 3.83. The quantitative estimate of drug-likeness (QED) is 0.181. The van der Waals surface area contributed by atoms with Crippen LogP contribution in [0.1, 0.15) is 16.7 Å². The van der Waals surface area contributed by atoms with Gasteiger partial charge in [0, 0.05) is 32.7 Å². The average Bonchev–Trinajstić information content (AvgIpc) is 3.82. The minimum atomic E-state index is 0.546. The van der Waals surface area contributed by atoms with Gasteiger partial charge in [0.25, 0.3) is 0 Å². The highest BCUT2D eigenvalue weighted by atomic mass is 15.0. The van der Waals surface area contributed by atoms with Crippen LogP contribution in [-0.4, -0.2) is 9.13 Å². The van der Waals surface area contributed by atoms with E-state index in [0.717, 1.165) is 51.0 Å². The fraction of sp³-hybridized carbons (Fsp3) is 0.0222. The number of benzene rings is 7. The van der Waals surface area contributed by atoms with E-state index in [9.17, 15) is 5.26 Å². The Morgan fingerprint density at radius 2 is 1.12 bits per heavy atom. The summed E-state index contributed by atoms with van der Waals surface area (Å²) in [5, 5.41) is 14.9. The van der Waals surface area contributed by atoms with Crippen molar-refractivity contribution < 1.29 is 0 Å². The fourth-order valence-electron chi connectivity index (χ4n) is 8.12. The molecule has 0 unspecified atom stereocenters. The zero-order valence-corrected chi connectivity index (χ0v) is 26.4. The predicted molar refractivity (Wildman–Crippen MR) is 200 cm³/mol. The van der Waals surface area contributed by atoms with Crippen molar-refractivity contribution in [3.05, 3.63) is 174 Å². The van der Waals surface area contributed by atoms with Gasteiger partial charge in [-0.1, -0.05) is 97.1 Å². The lowest BCUT2D eigenvalue weighted by Gasteiger charge is -2.20. The second-order valence-corrected chi connectivity index (χ2v) is 12.7. The molecule has 0 atom stereocenters. The summed E-state index contributed by atoms with van der Waals surface area (Å²) in [5.41, 5.74) is 14.4. The molecule has 0 aliphatic heterocycles. The van der Waals surface area contributed by atoms with Crippen LogP contribution in [0, 0.1) is 17.9 Å². The number of rotatable bonds is 3. The zero-order chi connectivity index (χ0) is 32.6. The van der Waals surface area contributed by atoms with Crippen LogP contribution in [0.4, 0.5) is 5.69 Å². The first-order chi connectivity index (χ1) is 24.2. The van der Waals surface area contributed by atoms with E-state index >= 15 is 0 Å². The van der Waals surface area contributed by atoms with Gasteiger partial charge in [0.05, 0.1) is 51.6 Å². The Hall–Kier alpha value is -6.88. The maximum absolute atomic E-state index is 10.2. The number of aromatic nitrogens is 2. The van der Waals surface area contributed by atoms with Gasteiger partial charge in [-0.2, -0.15) is 5.26 Å². The molecule has 10 rings (SSSR count). The van der Waals surface area contributed by atoms with Crippen molar-refractivity contribution in [2.75, 3.05) is 0 Å². The molecule has 4 heteroatoms. The average molecular weight is 623 g/mol. The monoisotopic (exact) mass is 622 g/mol. The normalized spacial score (nSPS) is 12.0. The Morgan fingerprint density at radius 3 is 1.84 bits per heavy atom. The Balaban J connectivity index is 1.36. The van der Waals surface area contributed by atoms with Crippen molar-refractivity contribution >= 4 is 49.3 Å². The predicted octanol–water partition coefficient (Wildman–Crippen LogP) is 11.5. The van der Waals surface area contributed by atoms with Crippen LogP contribution in [0.25, 0.3) is 82.1 Å². The number of para-hydroxylation sites is 3. The van der Waals surface area contributed by atoms with Crippen molar-refractivity contribution in [2.24, 2.45) is 0 Å². The van der Waals surface area contributed by atoms with E-state index < -0.39 is 0 Å². The van der Waals surface area contributed by atoms with E-state index in [1.165, 1.54) is 43.8 Å². The smallest absolute Gasteiger partial charge is 0.188 e. The summed E-state index contributed by atoms with van der Waals surface area (Å²) in [5.74, 6) is 0. The van der Waals surface area contributed by atoms with Gasteiger partial charge in [-0.3, -0.25) is 0 Å². The highest BCUT2D eigenvalue weighted by Gasteiger charge is 2.27. The van der Waals surface area contributed by atoms with Crippen molar-refractivity contribution in [3.8, 4) is 39.7 Å². The number of hydrogen-bond donors (Lipinski definition) is 0. The molecule has 0 bridgehead atoms. The molecule has 7 aromatic carbocycles. The van der Waals surface area contributed by atoms with Crippen LogP contribution >= 0.6 is 0 Å². The van der Waals surface area contributed by atoms with Crippen LogP contribution < -0.4 is 0 Å². The molecule has 226 valence electrons. The van der Waals surface area contributed by atoms with E-state index in [-0.39, 0.29) is 0 Å². The highest BCUT2D eigenvalue weighted by molar-refractivity contribution is 6.16. The van der Waals surface area contributed by atoms with E-state index in [1.54, 1.807) is 0 Å². The molecule has 0 amide bonds. The highest BCUT2D eigenvalue weighted by Crippen LogP contribution is 2.47. The number of hydrogen-bond acceptors (Lipinski definition) is 1. The molecule has 0 radical (unpaired) electrons.